The number of rotatable bonds is 6. The zero-order chi connectivity index (χ0) is 20.2. The molecule has 4 rings (SSSR count). The highest BCUT2D eigenvalue weighted by molar-refractivity contribution is 6.33. The first-order valence-corrected chi connectivity index (χ1v) is 11.5. The minimum absolute atomic E-state index is 0.689. The van der Waals surface area contributed by atoms with Crippen molar-refractivity contribution in [3.05, 3.63) is 40.9 Å². The van der Waals surface area contributed by atoms with E-state index in [1.54, 1.807) is 0 Å². The number of benzene rings is 1. The number of aromatic nitrogens is 1. The van der Waals surface area contributed by atoms with Gasteiger partial charge in [0.05, 0.1) is 10.7 Å². The molecule has 0 bridgehead atoms. The van der Waals surface area contributed by atoms with E-state index in [2.05, 4.69) is 42.3 Å². The Kier molecular flexibility index (Phi) is 6.54. The Morgan fingerprint density at radius 3 is 2.52 bits per heavy atom. The van der Waals surface area contributed by atoms with E-state index in [9.17, 15) is 0 Å². The van der Waals surface area contributed by atoms with Crippen molar-refractivity contribution in [2.24, 2.45) is 16.8 Å². The molecule has 29 heavy (non-hydrogen) atoms. The first-order chi connectivity index (χ1) is 14.1. The quantitative estimate of drug-likeness (QED) is 0.470. The third-order valence-corrected chi connectivity index (χ3v) is 6.94. The number of pyridine rings is 1. The summed E-state index contributed by atoms with van der Waals surface area (Å²) in [6.45, 7) is 6.71. The summed E-state index contributed by atoms with van der Waals surface area (Å²) < 4.78 is 0. The standard InChI is InChI=1S/C25H32ClN3/c1-18(20-7-4-3-5-8-20)13-14-27-25-19(2)17-23(26)24(28-25)21-9-11-22(12-10-21)29-15-6-16-29/h9-12,14,17-18,20H,3-8,13,15-16H2,1-2H3/b27-14+. The second kappa shape index (κ2) is 9.30. The number of hydrogen-bond donors (Lipinski definition) is 0. The maximum atomic E-state index is 6.54. The minimum atomic E-state index is 0.689. The van der Waals surface area contributed by atoms with Gasteiger partial charge in [0, 0.05) is 30.6 Å². The predicted molar refractivity (Wildman–Crippen MR) is 125 cm³/mol. The summed E-state index contributed by atoms with van der Waals surface area (Å²) in [5.74, 6) is 2.34. The van der Waals surface area contributed by atoms with Gasteiger partial charge in [0.25, 0.3) is 0 Å². The highest BCUT2D eigenvalue weighted by atomic mass is 35.5. The predicted octanol–water partition coefficient (Wildman–Crippen LogP) is 7.23. The fraction of sp³-hybridized carbons (Fsp3) is 0.520. The molecule has 154 valence electrons. The lowest BCUT2D eigenvalue weighted by Crippen LogP contribution is -2.36. The molecule has 2 aromatic rings. The van der Waals surface area contributed by atoms with E-state index in [-0.39, 0.29) is 0 Å². The van der Waals surface area contributed by atoms with E-state index < -0.39 is 0 Å². The maximum Gasteiger partial charge on any atom is 0.155 e. The molecule has 0 spiro atoms. The van der Waals surface area contributed by atoms with E-state index >= 15 is 0 Å². The Balaban J connectivity index is 1.47. The molecule has 4 heteroatoms. The molecule has 1 aliphatic heterocycles. The van der Waals surface area contributed by atoms with Crippen molar-refractivity contribution in [1.29, 1.82) is 0 Å². The summed E-state index contributed by atoms with van der Waals surface area (Å²) in [5, 5.41) is 0.689. The maximum absolute atomic E-state index is 6.54. The molecule has 1 aliphatic carbocycles. The Hall–Kier alpha value is -1.87. The highest BCUT2D eigenvalue weighted by Crippen LogP contribution is 2.33. The van der Waals surface area contributed by atoms with Gasteiger partial charge < -0.3 is 4.90 Å². The summed E-state index contributed by atoms with van der Waals surface area (Å²) in [5.41, 5.74) is 4.17. The monoisotopic (exact) mass is 409 g/mol. The van der Waals surface area contributed by atoms with E-state index in [0.29, 0.717) is 10.9 Å². The van der Waals surface area contributed by atoms with E-state index in [1.165, 1.54) is 44.2 Å². The number of nitrogens with zero attached hydrogens (tertiary/aromatic N) is 3. The molecule has 0 radical (unpaired) electrons. The fourth-order valence-corrected chi connectivity index (χ4v) is 4.82. The van der Waals surface area contributed by atoms with Gasteiger partial charge >= 0.3 is 0 Å². The molecular weight excluding hydrogens is 378 g/mol. The summed E-state index contributed by atoms with van der Waals surface area (Å²) in [6.07, 6.45) is 11.3. The van der Waals surface area contributed by atoms with Crippen LogP contribution in [-0.4, -0.2) is 24.3 Å². The Bertz CT molecular complexity index is 849. The summed E-state index contributed by atoms with van der Waals surface area (Å²) in [7, 11) is 0. The molecule has 0 N–H and O–H groups in total. The van der Waals surface area contributed by atoms with Crippen LogP contribution in [0.1, 0.15) is 57.4 Å². The van der Waals surface area contributed by atoms with Crippen molar-refractivity contribution < 1.29 is 0 Å². The lowest BCUT2D eigenvalue weighted by atomic mass is 9.80. The number of halogens is 1. The normalized spacial score (nSPS) is 18.8. The third kappa shape index (κ3) is 4.83. The molecule has 2 aliphatic rings. The SMILES string of the molecule is Cc1cc(Cl)c(-c2ccc(N3CCC3)cc2)nc1/N=C/CC(C)C1CCCCC1. The van der Waals surface area contributed by atoms with Crippen LogP contribution in [0, 0.1) is 18.8 Å². The van der Waals surface area contributed by atoms with Crippen LogP contribution >= 0.6 is 11.6 Å². The molecule has 2 heterocycles. The topological polar surface area (TPSA) is 28.5 Å². The van der Waals surface area contributed by atoms with Gasteiger partial charge in [-0.25, -0.2) is 9.98 Å². The van der Waals surface area contributed by atoms with Crippen molar-refractivity contribution in [2.75, 3.05) is 18.0 Å². The summed E-state index contributed by atoms with van der Waals surface area (Å²) >= 11 is 6.54. The third-order valence-electron chi connectivity index (χ3n) is 6.65. The molecule has 1 unspecified atom stereocenters. The molecule has 1 saturated heterocycles. The van der Waals surface area contributed by atoms with Crippen molar-refractivity contribution in [2.45, 2.75) is 58.8 Å². The van der Waals surface area contributed by atoms with Crippen LogP contribution in [-0.2, 0) is 0 Å². The van der Waals surface area contributed by atoms with Crippen LogP contribution in [0.3, 0.4) is 0 Å². The molecule has 1 saturated carbocycles. The van der Waals surface area contributed by atoms with Gasteiger partial charge in [0.2, 0.25) is 0 Å². The number of anilines is 1. The van der Waals surface area contributed by atoms with Crippen LogP contribution in [0.2, 0.25) is 5.02 Å². The fourth-order valence-electron chi connectivity index (χ4n) is 4.51. The van der Waals surface area contributed by atoms with E-state index in [4.69, 9.17) is 21.6 Å². The van der Waals surface area contributed by atoms with Crippen molar-refractivity contribution in [3.8, 4) is 11.3 Å². The van der Waals surface area contributed by atoms with Crippen molar-refractivity contribution in [3.63, 3.8) is 0 Å². The number of aliphatic imine (C=N–C) groups is 1. The van der Waals surface area contributed by atoms with Crippen LogP contribution in [0.4, 0.5) is 11.5 Å². The van der Waals surface area contributed by atoms with Crippen molar-refractivity contribution >= 4 is 29.3 Å². The summed E-state index contributed by atoms with van der Waals surface area (Å²) in [6, 6.07) is 10.6. The zero-order valence-electron chi connectivity index (χ0n) is 17.7. The Morgan fingerprint density at radius 1 is 1.14 bits per heavy atom. The van der Waals surface area contributed by atoms with E-state index in [1.807, 2.05) is 13.0 Å². The Morgan fingerprint density at radius 2 is 1.86 bits per heavy atom. The van der Waals surface area contributed by atoms with Gasteiger partial charge in [0.15, 0.2) is 5.82 Å². The average molecular weight is 410 g/mol. The first-order valence-electron chi connectivity index (χ1n) is 11.2. The summed E-state index contributed by atoms with van der Waals surface area (Å²) in [4.78, 5) is 11.9. The van der Waals surface area contributed by atoms with Gasteiger partial charge in [-0.1, -0.05) is 62.8 Å². The zero-order valence-corrected chi connectivity index (χ0v) is 18.5. The number of aryl methyl sites for hydroxylation is 1. The van der Waals surface area contributed by atoms with E-state index in [0.717, 1.165) is 48.1 Å². The lowest BCUT2D eigenvalue weighted by molar-refractivity contribution is 0.270. The molecular formula is C25H32ClN3. The lowest BCUT2D eigenvalue weighted by Gasteiger charge is -2.33. The number of hydrogen-bond acceptors (Lipinski definition) is 3. The molecule has 3 nitrogen and oxygen atoms in total. The molecule has 0 amide bonds. The van der Waals surface area contributed by atoms with Crippen molar-refractivity contribution in [1.82, 2.24) is 4.98 Å². The second-order valence-electron chi connectivity index (χ2n) is 8.77. The van der Waals surface area contributed by atoms with Gasteiger partial charge in [0.1, 0.15) is 0 Å². The van der Waals surface area contributed by atoms with Gasteiger partial charge in [-0.3, -0.25) is 0 Å². The molecule has 1 aromatic carbocycles. The largest absolute Gasteiger partial charge is 0.371 e. The highest BCUT2D eigenvalue weighted by Gasteiger charge is 2.19. The average Bonchev–Trinajstić information content (AvgIpc) is 2.69. The molecule has 2 fully saturated rings. The second-order valence-corrected chi connectivity index (χ2v) is 9.18. The minimum Gasteiger partial charge on any atom is -0.371 e. The smallest absolute Gasteiger partial charge is 0.155 e. The van der Waals surface area contributed by atoms with Gasteiger partial charge in [-0.05, 0) is 55.4 Å². The van der Waals surface area contributed by atoms with Gasteiger partial charge in [-0.2, -0.15) is 0 Å². The van der Waals surface area contributed by atoms with Gasteiger partial charge in [-0.15, -0.1) is 0 Å². The Labute approximate surface area is 180 Å². The van der Waals surface area contributed by atoms with Crippen LogP contribution in [0.15, 0.2) is 35.3 Å². The van der Waals surface area contributed by atoms with Crippen LogP contribution < -0.4 is 4.90 Å². The molecule has 1 atom stereocenters. The van der Waals surface area contributed by atoms with Crippen LogP contribution in [0.5, 0.6) is 0 Å². The van der Waals surface area contributed by atoms with Crippen LogP contribution in [0.25, 0.3) is 11.3 Å². The first kappa shape index (κ1) is 20.4. The molecule has 1 aromatic heterocycles.